The van der Waals surface area contributed by atoms with E-state index in [1.807, 2.05) is 74.4 Å². The van der Waals surface area contributed by atoms with E-state index in [0.717, 1.165) is 11.1 Å². The number of benzene rings is 3. The van der Waals surface area contributed by atoms with Gasteiger partial charge in [-0.1, -0.05) is 48.7 Å². The van der Waals surface area contributed by atoms with Crippen molar-refractivity contribution in [3.8, 4) is 11.5 Å². The van der Waals surface area contributed by atoms with Crippen molar-refractivity contribution in [3.63, 3.8) is 0 Å². The SMILES string of the molecule is CN(C)C(=S)c1ccc(C=Nc2ccccc2N=Cc2ccc(C(=S)N(C)C)cc2O)c(O)c1.[Pt]. The molecule has 9 heteroatoms. The van der Waals surface area contributed by atoms with Gasteiger partial charge in [0.2, 0.25) is 0 Å². The van der Waals surface area contributed by atoms with E-state index in [2.05, 4.69) is 9.98 Å². The van der Waals surface area contributed by atoms with Gasteiger partial charge in [-0.15, -0.1) is 0 Å². The number of phenols is 2. The summed E-state index contributed by atoms with van der Waals surface area (Å²) in [6.45, 7) is 0. The minimum atomic E-state index is 0. The number of aromatic hydroxyl groups is 2. The quantitative estimate of drug-likeness (QED) is 0.279. The van der Waals surface area contributed by atoms with E-state index in [-0.39, 0.29) is 32.6 Å². The maximum atomic E-state index is 10.4. The van der Waals surface area contributed by atoms with Gasteiger partial charge in [-0.05, 0) is 36.4 Å². The van der Waals surface area contributed by atoms with Crippen LogP contribution in [0, 0.1) is 0 Å². The Labute approximate surface area is 230 Å². The standard InChI is InChI=1S/C26H26N4O2S2.Pt/c1-29(2)25(33)17-9-11-19(23(31)13-17)15-27-21-7-5-6-8-22(21)28-16-20-12-10-18(14-24(20)32)26(34)30(3)4;/h5-16,31-32H,1-4H3;. The number of para-hydroxylation sites is 2. The van der Waals surface area contributed by atoms with Crippen LogP contribution in [0.25, 0.3) is 0 Å². The van der Waals surface area contributed by atoms with E-state index >= 15 is 0 Å². The van der Waals surface area contributed by atoms with Crippen LogP contribution in [0.15, 0.2) is 70.6 Å². The average Bonchev–Trinajstić information content (AvgIpc) is 2.81. The van der Waals surface area contributed by atoms with Crippen LogP contribution in [-0.2, 0) is 21.1 Å². The first-order chi connectivity index (χ1) is 16.2. The molecular weight excluding hydrogens is 660 g/mol. The second-order valence-corrected chi connectivity index (χ2v) is 8.72. The molecule has 0 saturated carbocycles. The number of phenolic OH excluding ortho intramolecular Hbond substituents is 2. The van der Waals surface area contributed by atoms with Crippen molar-refractivity contribution in [2.24, 2.45) is 9.98 Å². The third-order valence-corrected chi connectivity index (χ3v) is 6.14. The van der Waals surface area contributed by atoms with Crippen molar-refractivity contribution in [3.05, 3.63) is 82.9 Å². The molecule has 3 aromatic carbocycles. The molecule has 3 aromatic rings. The van der Waals surface area contributed by atoms with Crippen LogP contribution in [0.1, 0.15) is 22.3 Å². The van der Waals surface area contributed by atoms with Crippen molar-refractivity contribution < 1.29 is 31.3 Å². The summed E-state index contributed by atoms with van der Waals surface area (Å²) >= 11 is 10.7. The van der Waals surface area contributed by atoms with Crippen LogP contribution in [0.2, 0.25) is 0 Å². The third kappa shape index (κ3) is 7.28. The largest absolute Gasteiger partial charge is 0.507 e. The van der Waals surface area contributed by atoms with Crippen molar-refractivity contribution in [1.29, 1.82) is 0 Å². The van der Waals surface area contributed by atoms with Crippen molar-refractivity contribution in [2.75, 3.05) is 28.2 Å². The minimum Gasteiger partial charge on any atom is -0.507 e. The molecule has 0 aliphatic heterocycles. The predicted octanol–water partition coefficient (Wildman–Crippen LogP) is 5.07. The third-order valence-electron chi connectivity index (χ3n) is 4.93. The van der Waals surface area contributed by atoms with Gasteiger partial charge in [0.15, 0.2) is 0 Å². The summed E-state index contributed by atoms with van der Waals surface area (Å²) in [5.41, 5.74) is 3.89. The fraction of sp³-hybridized carbons (Fsp3) is 0.154. The van der Waals surface area contributed by atoms with Gasteiger partial charge in [-0.25, -0.2) is 0 Å². The van der Waals surface area contributed by atoms with E-state index < -0.39 is 0 Å². The number of nitrogens with zero attached hydrogens (tertiary/aromatic N) is 4. The first-order valence-corrected chi connectivity index (χ1v) is 11.3. The van der Waals surface area contributed by atoms with E-state index in [4.69, 9.17) is 24.4 Å². The molecule has 184 valence electrons. The topological polar surface area (TPSA) is 71.7 Å². The van der Waals surface area contributed by atoms with Crippen molar-refractivity contribution in [2.45, 2.75) is 0 Å². The number of thiocarbonyl (C=S) groups is 2. The zero-order valence-electron chi connectivity index (χ0n) is 19.7. The Balaban J connectivity index is 0.00000432. The van der Waals surface area contributed by atoms with Crippen LogP contribution in [-0.4, -0.2) is 70.6 Å². The van der Waals surface area contributed by atoms with Gasteiger partial charge in [0.05, 0.1) is 11.4 Å². The summed E-state index contributed by atoms with van der Waals surface area (Å²) < 4.78 is 0. The number of hydrogen-bond donors (Lipinski definition) is 2. The van der Waals surface area contributed by atoms with E-state index in [9.17, 15) is 10.2 Å². The fourth-order valence-electron chi connectivity index (χ4n) is 3.05. The van der Waals surface area contributed by atoms with Gasteiger partial charge in [-0.2, -0.15) is 0 Å². The summed E-state index contributed by atoms with van der Waals surface area (Å²) in [6.07, 6.45) is 3.17. The van der Waals surface area contributed by atoms with Crippen LogP contribution >= 0.6 is 24.4 Å². The smallest absolute Gasteiger partial charge is 0.125 e. The van der Waals surface area contributed by atoms with Gasteiger partial charge in [0.1, 0.15) is 21.5 Å². The molecule has 0 unspecified atom stereocenters. The van der Waals surface area contributed by atoms with Crippen molar-refractivity contribution >= 4 is 58.2 Å². The molecule has 0 heterocycles. The molecule has 0 aliphatic rings. The predicted molar refractivity (Wildman–Crippen MR) is 148 cm³/mol. The maximum Gasteiger partial charge on any atom is 0.125 e. The van der Waals surface area contributed by atoms with E-state index in [1.54, 1.807) is 36.7 Å². The molecule has 3 rings (SSSR count). The molecule has 0 amide bonds. The Hall–Kier alpha value is -2.93. The molecule has 0 radical (unpaired) electrons. The molecule has 0 aliphatic carbocycles. The van der Waals surface area contributed by atoms with E-state index in [0.29, 0.717) is 32.5 Å². The monoisotopic (exact) mass is 685 g/mol. The zero-order valence-corrected chi connectivity index (χ0v) is 23.6. The second kappa shape index (κ2) is 12.7. The van der Waals surface area contributed by atoms with Crippen LogP contribution in [0.3, 0.4) is 0 Å². The normalized spacial score (nSPS) is 10.9. The first kappa shape index (κ1) is 28.3. The summed E-state index contributed by atoms with van der Waals surface area (Å²) in [5.74, 6) is 0.180. The Kier molecular flexibility index (Phi) is 10.3. The summed E-state index contributed by atoms with van der Waals surface area (Å²) in [4.78, 5) is 13.9. The van der Waals surface area contributed by atoms with Crippen LogP contribution in [0.4, 0.5) is 11.4 Å². The van der Waals surface area contributed by atoms with Gasteiger partial charge >= 0.3 is 0 Å². The Morgan fingerprint density at radius 3 is 1.37 bits per heavy atom. The van der Waals surface area contributed by atoms with Crippen LogP contribution < -0.4 is 0 Å². The molecular formula is C26H26N4O2PtS2. The molecule has 0 saturated heterocycles. The number of aliphatic imine (C=N–C) groups is 2. The number of rotatable bonds is 6. The molecule has 0 atom stereocenters. The molecule has 0 spiro atoms. The molecule has 0 fully saturated rings. The van der Waals surface area contributed by atoms with E-state index in [1.165, 1.54) is 0 Å². The molecule has 2 N–H and O–H groups in total. The van der Waals surface area contributed by atoms with Crippen molar-refractivity contribution in [1.82, 2.24) is 9.80 Å². The van der Waals surface area contributed by atoms with Crippen LogP contribution in [0.5, 0.6) is 11.5 Å². The molecule has 0 aromatic heterocycles. The zero-order chi connectivity index (χ0) is 24.8. The number of hydrogen-bond acceptors (Lipinski definition) is 6. The van der Waals surface area contributed by atoms with Gasteiger partial charge < -0.3 is 20.0 Å². The first-order valence-electron chi connectivity index (χ1n) is 10.4. The Bertz CT molecular complexity index is 1190. The van der Waals surface area contributed by atoms with Gasteiger partial charge in [0.25, 0.3) is 0 Å². The maximum absolute atomic E-state index is 10.4. The summed E-state index contributed by atoms with van der Waals surface area (Å²) in [7, 11) is 7.44. The molecule has 6 nitrogen and oxygen atoms in total. The second-order valence-electron chi connectivity index (χ2n) is 7.95. The average molecular weight is 686 g/mol. The van der Waals surface area contributed by atoms with Gasteiger partial charge in [-0.3, -0.25) is 9.98 Å². The minimum absolute atomic E-state index is 0. The summed E-state index contributed by atoms with van der Waals surface area (Å²) in [6, 6.07) is 17.9. The summed E-state index contributed by atoms with van der Waals surface area (Å²) in [5, 5.41) is 20.8. The Morgan fingerprint density at radius 2 is 1.06 bits per heavy atom. The molecule has 35 heavy (non-hydrogen) atoms. The molecule has 0 bridgehead atoms. The fourth-order valence-corrected chi connectivity index (χ4v) is 3.30. The van der Waals surface area contributed by atoms with Gasteiger partial charge in [0, 0.05) is 83.9 Å². The Morgan fingerprint density at radius 1 is 0.686 bits per heavy atom.